The Labute approximate surface area is 144 Å². The number of fused-ring (bicyclic) bond motifs is 3. The Hall–Kier alpha value is -1.68. The van der Waals surface area contributed by atoms with Crippen molar-refractivity contribution < 1.29 is 4.74 Å². The maximum absolute atomic E-state index is 6.42. The van der Waals surface area contributed by atoms with Crippen molar-refractivity contribution in [3.8, 4) is 5.75 Å². The van der Waals surface area contributed by atoms with Gasteiger partial charge in [-0.05, 0) is 42.3 Å². The third-order valence-corrected chi connectivity index (χ3v) is 5.11. The van der Waals surface area contributed by atoms with Gasteiger partial charge in [0.15, 0.2) is 0 Å². The molecule has 118 valence electrons. The second-order valence-corrected chi connectivity index (χ2v) is 6.52. The lowest BCUT2D eigenvalue weighted by Gasteiger charge is -2.26. The lowest BCUT2D eigenvalue weighted by molar-refractivity contribution is 0.415. The average molecular weight is 347 g/mol. The van der Waals surface area contributed by atoms with Gasteiger partial charge in [-0.15, -0.1) is 0 Å². The zero-order chi connectivity index (χ0) is 16.0. The maximum Gasteiger partial charge on any atom is 0.119 e. The normalized spacial score (nSPS) is 17.3. The molecule has 4 rings (SSSR count). The van der Waals surface area contributed by atoms with Gasteiger partial charge in [0.1, 0.15) is 5.75 Å². The predicted molar refractivity (Wildman–Crippen MR) is 94.9 cm³/mol. The number of aromatic amines is 1. The van der Waals surface area contributed by atoms with Gasteiger partial charge in [0.05, 0.1) is 13.2 Å². The number of halogens is 2. The van der Waals surface area contributed by atoms with E-state index in [0.717, 1.165) is 35.5 Å². The summed E-state index contributed by atoms with van der Waals surface area (Å²) in [4.78, 5) is 3.54. The van der Waals surface area contributed by atoms with E-state index < -0.39 is 0 Å². The third kappa shape index (κ3) is 2.40. The number of H-pyrrole nitrogens is 1. The number of hydrogen-bond acceptors (Lipinski definition) is 2. The SMILES string of the molecule is COc1ccc2[nH]c3c(c2c1)CCNC3c1c(Cl)cccc1Cl. The van der Waals surface area contributed by atoms with E-state index >= 15 is 0 Å². The molecule has 0 amide bonds. The molecule has 23 heavy (non-hydrogen) atoms. The van der Waals surface area contributed by atoms with E-state index in [1.807, 2.05) is 24.3 Å². The van der Waals surface area contributed by atoms with Gasteiger partial charge >= 0.3 is 0 Å². The van der Waals surface area contributed by atoms with Crippen molar-refractivity contribution in [1.29, 1.82) is 0 Å². The van der Waals surface area contributed by atoms with Crippen molar-refractivity contribution in [3.63, 3.8) is 0 Å². The van der Waals surface area contributed by atoms with E-state index in [0.29, 0.717) is 10.0 Å². The first kappa shape index (κ1) is 14.9. The van der Waals surface area contributed by atoms with Gasteiger partial charge in [0.25, 0.3) is 0 Å². The molecule has 0 bridgehead atoms. The van der Waals surface area contributed by atoms with Gasteiger partial charge in [-0.25, -0.2) is 0 Å². The number of rotatable bonds is 2. The number of benzene rings is 2. The van der Waals surface area contributed by atoms with Crippen LogP contribution in [0.3, 0.4) is 0 Å². The van der Waals surface area contributed by atoms with Gasteiger partial charge in [-0.2, -0.15) is 0 Å². The lowest BCUT2D eigenvalue weighted by Crippen LogP contribution is -2.30. The van der Waals surface area contributed by atoms with Crippen LogP contribution in [-0.2, 0) is 6.42 Å². The van der Waals surface area contributed by atoms with Crippen LogP contribution in [0, 0.1) is 0 Å². The van der Waals surface area contributed by atoms with E-state index in [1.54, 1.807) is 7.11 Å². The first-order valence-electron chi connectivity index (χ1n) is 7.55. The molecule has 2 heterocycles. The highest BCUT2D eigenvalue weighted by molar-refractivity contribution is 6.36. The number of aromatic nitrogens is 1. The summed E-state index contributed by atoms with van der Waals surface area (Å²) in [5, 5.41) is 6.09. The largest absolute Gasteiger partial charge is 0.497 e. The third-order valence-electron chi connectivity index (χ3n) is 4.45. The van der Waals surface area contributed by atoms with E-state index in [1.165, 1.54) is 10.9 Å². The topological polar surface area (TPSA) is 37.0 Å². The van der Waals surface area contributed by atoms with Gasteiger partial charge in [0, 0.05) is 38.8 Å². The first-order valence-corrected chi connectivity index (χ1v) is 8.30. The Morgan fingerprint density at radius 2 is 1.91 bits per heavy atom. The van der Waals surface area contributed by atoms with E-state index in [4.69, 9.17) is 27.9 Å². The van der Waals surface area contributed by atoms with E-state index in [2.05, 4.69) is 22.4 Å². The number of ether oxygens (including phenoxy) is 1. The monoisotopic (exact) mass is 346 g/mol. The fourth-order valence-corrected chi connectivity index (χ4v) is 3.98. The molecule has 0 radical (unpaired) electrons. The van der Waals surface area contributed by atoms with Gasteiger partial charge in [-0.1, -0.05) is 29.3 Å². The minimum atomic E-state index is -0.0293. The Kier molecular flexibility index (Phi) is 3.72. The molecule has 1 aliphatic rings. The Morgan fingerprint density at radius 1 is 1.13 bits per heavy atom. The summed E-state index contributed by atoms with van der Waals surface area (Å²) >= 11 is 12.8. The molecule has 0 spiro atoms. The van der Waals surface area contributed by atoms with Crippen LogP contribution < -0.4 is 10.1 Å². The van der Waals surface area contributed by atoms with E-state index in [-0.39, 0.29) is 6.04 Å². The number of methoxy groups -OCH3 is 1. The summed E-state index contributed by atoms with van der Waals surface area (Å²) in [5.74, 6) is 0.866. The molecule has 1 unspecified atom stereocenters. The summed E-state index contributed by atoms with van der Waals surface area (Å²) in [5.41, 5.74) is 4.47. The number of hydrogen-bond donors (Lipinski definition) is 2. The van der Waals surface area contributed by atoms with Crippen LogP contribution in [0.4, 0.5) is 0 Å². The van der Waals surface area contributed by atoms with Crippen molar-refractivity contribution in [2.24, 2.45) is 0 Å². The van der Waals surface area contributed by atoms with Crippen molar-refractivity contribution in [3.05, 3.63) is 63.3 Å². The summed E-state index contributed by atoms with van der Waals surface area (Å²) < 4.78 is 5.36. The lowest BCUT2D eigenvalue weighted by atomic mass is 9.94. The molecule has 2 aromatic carbocycles. The molecule has 0 aliphatic carbocycles. The summed E-state index contributed by atoms with van der Waals surface area (Å²) in [6.45, 7) is 0.878. The van der Waals surface area contributed by atoms with Crippen LogP contribution in [0.5, 0.6) is 5.75 Å². The Bertz CT molecular complexity index is 868. The minimum absolute atomic E-state index is 0.0293. The quantitative estimate of drug-likeness (QED) is 0.704. The molecule has 0 fully saturated rings. The van der Waals surface area contributed by atoms with Crippen molar-refractivity contribution >= 4 is 34.1 Å². The highest BCUT2D eigenvalue weighted by Gasteiger charge is 2.28. The smallest absolute Gasteiger partial charge is 0.119 e. The second-order valence-electron chi connectivity index (χ2n) is 5.70. The Morgan fingerprint density at radius 3 is 2.65 bits per heavy atom. The highest BCUT2D eigenvalue weighted by atomic mass is 35.5. The summed E-state index contributed by atoms with van der Waals surface area (Å²) in [7, 11) is 1.69. The van der Waals surface area contributed by atoms with Gasteiger partial charge < -0.3 is 15.0 Å². The van der Waals surface area contributed by atoms with Crippen LogP contribution in [0.15, 0.2) is 36.4 Å². The standard InChI is InChI=1S/C18H16Cl2N2O/c1-23-10-5-6-15-12(9-10)11-7-8-21-18(17(11)22-15)16-13(19)3-2-4-14(16)20/h2-6,9,18,21-22H,7-8H2,1H3. The molecule has 0 saturated carbocycles. The fraction of sp³-hybridized carbons (Fsp3) is 0.222. The zero-order valence-corrected chi connectivity index (χ0v) is 14.1. The van der Waals surface area contributed by atoms with Crippen LogP contribution in [0.1, 0.15) is 22.9 Å². The molecule has 3 aromatic rings. The zero-order valence-electron chi connectivity index (χ0n) is 12.6. The van der Waals surface area contributed by atoms with Crippen LogP contribution in [0.2, 0.25) is 10.0 Å². The molecular formula is C18H16Cl2N2O. The molecule has 0 saturated heterocycles. The van der Waals surface area contributed by atoms with Crippen LogP contribution in [0.25, 0.3) is 10.9 Å². The second kappa shape index (κ2) is 5.75. The van der Waals surface area contributed by atoms with Crippen molar-refractivity contribution in [1.82, 2.24) is 10.3 Å². The Balaban J connectivity index is 1.92. The van der Waals surface area contributed by atoms with Crippen molar-refractivity contribution in [2.75, 3.05) is 13.7 Å². The van der Waals surface area contributed by atoms with Gasteiger partial charge in [-0.3, -0.25) is 0 Å². The average Bonchev–Trinajstić information content (AvgIpc) is 2.93. The van der Waals surface area contributed by atoms with Crippen LogP contribution >= 0.6 is 23.2 Å². The molecule has 1 atom stereocenters. The molecule has 5 heteroatoms. The van der Waals surface area contributed by atoms with Crippen molar-refractivity contribution in [2.45, 2.75) is 12.5 Å². The van der Waals surface area contributed by atoms with E-state index in [9.17, 15) is 0 Å². The first-order chi connectivity index (χ1) is 11.2. The molecule has 1 aliphatic heterocycles. The molecular weight excluding hydrogens is 331 g/mol. The highest BCUT2D eigenvalue weighted by Crippen LogP contribution is 2.39. The fourth-order valence-electron chi connectivity index (χ4n) is 3.37. The summed E-state index contributed by atoms with van der Waals surface area (Å²) in [6.07, 6.45) is 0.959. The molecule has 2 N–H and O–H groups in total. The van der Waals surface area contributed by atoms with Crippen LogP contribution in [-0.4, -0.2) is 18.6 Å². The summed E-state index contributed by atoms with van der Waals surface area (Å²) in [6, 6.07) is 11.7. The molecule has 3 nitrogen and oxygen atoms in total. The predicted octanol–water partition coefficient (Wildman–Crippen LogP) is 4.72. The maximum atomic E-state index is 6.42. The van der Waals surface area contributed by atoms with Gasteiger partial charge in [0.2, 0.25) is 0 Å². The number of nitrogens with one attached hydrogen (secondary N) is 2. The molecule has 1 aromatic heterocycles. The minimum Gasteiger partial charge on any atom is -0.497 e.